The van der Waals surface area contributed by atoms with Crippen LogP contribution in [0.2, 0.25) is 0 Å². The summed E-state index contributed by atoms with van der Waals surface area (Å²) in [5.41, 5.74) is 9.96. The Labute approximate surface area is 104 Å². The van der Waals surface area contributed by atoms with Crippen LogP contribution >= 0.6 is 0 Å². The molecule has 0 aliphatic rings. The van der Waals surface area contributed by atoms with Gasteiger partial charge < -0.3 is 32.1 Å². The molecular weight excluding hydrogens is 246 g/mol. The Hall–Kier alpha value is -1.87. The number of hydrogen-bond acceptors (Lipinski definition) is 5. The van der Waals surface area contributed by atoms with Gasteiger partial charge in [0.15, 0.2) is 0 Å². The largest absolute Gasteiger partial charge is 0.480 e. The summed E-state index contributed by atoms with van der Waals surface area (Å²) in [6.07, 6.45) is -0.392. The zero-order valence-electron chi connectivity index (χ0n) is 10.00. The number of primary amides is 1. The van der Waals surface area contributed by atoms with Crippen molar-refractivity contribution in [3.8, 4) is 0 Å². The van der Waals surface area contributed by atoms with E-state index in [0.717, 1.165) is 0 Å². The predicted molar refractivity (Wildman–Crippen MR) is 61.7 cm³/mol. The van der Waals surface area contributed by atoms with E-state index in [-0.39, 0.29) is 0 Å². The average Bonchev–Trinajstić information content (AvgIpc) is 2.24. The summed E-state index contributed by atoms with van der Waals surface area (Å²) in [7, 11) is 0. The Bertz CT molecular complexity index is 281. The van der Waals surface area contributed by atoms with Gasteiger partial charge in [-0.05, 0) is 19.8 Å². The lowest BCUT2D eigenvalue weighted by Crippen LogP contribution is -2.33. The Kier molecular flexibility index (Phi) is 10.6. The van der Waals surface area contributed by atoms with Gasteiger partial charge in [-0.15, -0.1) is 0 Å². The highest BCUT2D eigenvalue weighted by Crippen LogP contribution is 1.92. The fraction of sp³-hybridized carbons (Fsp3) is 0.667. The molecule has 0 aromatic heterocycles. The van der Waals surface area contributed by atoms with E-state index in [1.54, 1.807) is 0 Å². The number of rotatable bonds is 6. The number of aliphatic hydroxyl groups excluding tert-OH is 1. The molecule has 0 heterocycles. The van der Waals surface area contributed by atoms with Gasteiger partial charge in [-0.25, -0.2) is 9.59 Å². The van der Waals surface area contributed by atoms with Crippen LogP contribution in [0.5, 0.6) is 0 Å². The van der Waals surface area contributed by atoms with Gasteiger partial charge >= 0.3 is 18.0 Å². The molecule has 106 valence electrons. The minimum Gasteiger partial charge on any atom is -0.480 e. The summed E-state index contributed by atoms with van der Waals surface area (Å²) in [6.45, 7) is 1.55. The molecule has 0 spiro atoms. The highest BCUT2D eigenvalue weighted by atomic mass is 16.4. The van der Waals surface area contributed by atoms with Crippen LogP contribution in [0, 0.1) is 0 Å². The number of aliphatic hydroxyl groups is 1. The van der Waals surface area contributed by atoms with E-state index < -0.39 is 30.1 Å². The van der Waals surface area contributed by atoms with Crippen molar-refractivity contribution in [2.24, 2.45) is 11.5 Å². The number of amides is 2. The topological polar surface area (TPSA) is 176 Å². The molecule has 1 unspecified atom stereocenters. The fourth-order valence-electron chi connectivity index (χ4n) is 0.657. The van der Waals surface area contributed by atoms with Crippen molar-refractivity contribution in [3.05, 3.63) is 0 Å². The first kappa shape index (κ1) is 18.5. The maximum absolute atomic E-state index is 10.2. The Balaban J connectivity index is 0. The number of nitrogens with two attached hydrogens (primary N) is 2. The van der Waals surface area contributed by atoms with E-state index >= 15 is 0 Å². The van der Waals surface area contributed by atoms with Crippen molar-refractivity contribution < 1.29 is 29.7 Å². The number of carbonyl (C=O) groups is 3. The van der Waals surface area contributed by atoms with E-state index in [4.69, 9.17) is 26.8 Å². The molecule has 2 atom stereocenters. The smallest absolute Gasteiger partial charge is 0.332 e. The van der Waals surface area contributed by atoms with Crippen LogP contribution in [0.15, 0.2) is 0 Å². The van der Waals surface area contributed by atoms with Crippen LogP contribution in [0.3, 0.4) is 0 Å². The van der Waals surface area contributed by atoms with Crippen LogP contribution in [0.25, 0.3) is 0 Å². The number of urea groups is 1. The SMILES string of the molecule is CC(O)C(=O)O.NC(=O)NCCC[C@H](N)C(=O)O. The predicted octanol–water partition coefficient (Wildman–Crippen LogP) is -1.70. The summed E-state index contributed by atoms with van der Waals surface area (Å²) in [4.78, 5) is 29.8. The summed E-state index contributed by atoms with van der Waals surface area (Å²) < 4.78 is 0. The molecule has 0 fully saturated rings. The van der Waals surface area contributed by atoms with Gasteiger partial charge in [0.05, 0.1) is 0 Å². The highest BCUT2D eigenvalue weighted by molar-refractivity contribution is 5.73. The quantitative estimate of drug-likeness (QED) is 0.310. The molecule has 0 saturated heterocycles. The highest BCUT2D eigenvalue weighted by Gasteiger charge is 2.09. The number of carboxylic acid groups (broad SMARTS) is 2. The summed E-state index contributed by atoms with van der Waals surface area (Å²) >= 11 is 0. The van der Waals surface area contributed by atoms with Crippen LogP contribution in [-0.2, 0) is 9.59 Å². The van der Waals surface area contributed by atoms with Crippen LogP contribution in [0.1, 0.15) is 19.8 Å². The number of nitrogens with one attached hydrogen (secondary N) is 1. The molecule has 0 bridgehead atoms. The summed E-state index contributed by atoms with van der Waals surface area (Å²) in [5, 5.41) is 26.5. The van der Waals surface area contributed by atoms with Crippen molar-refractivity contribution in [2.75, 3.05) is 6.54 Å². The van der Waals surface area contributed by atoms with Crippen molar-refractivity contribution in [3.63, 3.8) is 0 Å². The van der Waals surface area contributed by atoms with E-state index in [9.17, 15) is 14.4 Å². The third kappa shape index (κ3) is 14.1. The Morgan fingerprint density at radius 3 is 1.94 bits per heavy atom. The first-order chi connectivity index (χ1) is 8.18. The van der Waals surface area contributed by atoms with Crippen molar-refractivity contribution >= 4 is 18.0 Å². The third-order valence-electron chi connectivity index (χ3n) is 1.67. The average molecular weight is 265 g/mol. The molecule has 0 rings (SSSR count). The van der Waals surface area contributed by atoms with Crippen LogP contribution in [0.4, 0.5) is 4.79 Å². The number of carboxylic acids is 2. The first-order valence-corrected chi connectivity index (χ1v) is 5.11. The molecule has 18 heavy (non-hydrogen) atoms. The lowest BCUT2D eigenvalue weighted by molar-refractivity contribution is -0.145. The molecule has 9 heteroatoms. The van der Waals surface area contributed by atoms with Crippen molar-refractivity contribution in [1.82, 2.24) is 5.32 Å². The standard InChI is InChI=1S/C6H13N3O3.C3H6O3/c7-4(5(10)11)2-1-3-9-6(8)12;1-2(4)3(5)6/h4H,1-3,7H2,(H,10,11)(H3,8,9,12);2,4H,1H3,(H,5,6)/t4-;/m0./s1. The minimum atomic E-state index is -1.23. The molecule has 0 aliphatic heterocycles. The zero-order chi connectivity index (χ0) is 14.7. The molecule has 0 aromatic rings. The van der Waals surface area contributed by atoms with Crippen molar-refractivity contribution in [1.29, 1.82) is 0 Å². The molecule has 0 radical (unpaired) electrons. The molecule has 2 amide bonds. The van der Waals surface area contributed by atoms with E-state index in [1.807, 2.05) is 0 Å². The molecule has 9 nitrogen and oxygen atoms in total. The van der Waals surface area contributed by atoms with Gasteiger partial charge in [0.1, 0.15) is 12.1 Å². The van der Waals surface area contributed by atoms with E-state index in [0.29, 0.717) is 19.4 Å². The Morgan fingerprint density at radius 1 is 1.22 bits per heavy atom. The number of hydrogen-bond donors (Lipinski definition) is 6. The van der Waals surface area contributed by atoms with Gasteiger partial charge in [0, 0.05) is 6.54 Å². The maximum atomic E-state index is 10.2. The van der Waals surface area contributed by atoms with Gasteiger partial charge in [-0.1, -0.05) is 0 Å². The minimum absolute atomic E-state index is 0.329. The molecule has 0 saturated carbocycles. The molecule has 0 aliphatic carbocycles. The van der Waals surface area contributed by atoms with Crippen LogP contribution in [-0.4, -0.2) is 52.0 Å². The molecular formula is C9H19N3O6. The molecule has 0 aromatic carbocycles. The monoisotopic (exact) mass is 265 g/mol. The number of aliphatic carboxylic acids is 2. The lowest BCUT2D eigenvalue weighted by Gasteiger charge is -2.05. The number of carbonyl (C=O) groups excluding carboxylic acids is 1. The zero-order valence-corrected chi connectivity index (χ0v) is 10.00. The first-order valence-electron chi connectivity index (χ1n) is 5.11. The Morgan fingerprint density at radius 2 is 1.67 bits per heavy atom. The lowest BCUT2D eigenvalue weighted by atomic mass is 10.2. The van der Waals surface area contributed by atoms with E-state index in [2.05, 4.69) is 5.32 Å². The van der Waals surface area contributed by atoms with Gasteiger partial charge in [0.25, 0.3) is 0 Å². The maximum Gasteiger partial charge on any atom is 0.332 e. The third-order valence-corrected chi connectivity index (χ3v) is 1.67. The van der Waals surface area contributed by atoms with Gasteiger partial charge in [0.2, 0.25) is 0 Å². The van der Waals surface area contributed by atoms with Gasteiger partial charge in [-0.3, -0.25) is 4.79 Å². The summed E-state index contributed by atoms with van der Waals surface area (Å²) in [5.74, 6) is -2.22. The summed E-state index contributed by atoms with van der Waals surface area (Å²) in [6, 6.07) is -1.47. The second kappa shape index (κ2) is 10.3. The normalized spacial score (nSPS) is 12.6. The second-order valence-corrected chi connectivity index (χ2v) is 3.39. The fourth-order valence-corrected chi connectivity index (χ4v) is 0.657. The van der Waals surface area contributed by atoms with Gasteiger partial charge in [-0.2, -0.15) is 0 Å². The van der Waals surface area contributed by atoms with E-state index in [1.165, 1.54) is 6.92 Å². The van der Waals surface area contributed by atoms with Crippen molar-refractivity contribution in [2.45, 2.75) is 31.9 Å². The second-order valence-electron chi connectivity index (χ2n) is 3.39. The molecule has 8 N–H and O–H groups in total. The van der Waals surface area contributed by atoms with Crippen LogP contribution < -0.4 is 16.8 Å².